The summed E-state index contributed by atoms with van der Waals surface area (Å²) >= 11 is 0. The number of nitrogens with zero attached hydrogens (tertiary/aromatic N) is 1. The summed E-state index contributed by atoms with van der Waals surface area (Å²) in [7, 11) is 0. The van der Waals surface area contributed by atoms with Crippen molar-refractivity contribution in [2.45, 2.75) is 56.7 Å². The number of nitrogens with one attached hydrogen (secondary N) is 2. The maximum atomic E-state index is 6.31. The molecule has 2 atom stereocenters. The molecule has 4 N–H and O–H groups in total. The number of nitrogens with two attached hydrogens (primary N) is 1. The fraction of sp³-hybridized carbons (Fsp3) is 0.458. The van der Waals surface area contributed by atoms with Crippen molar-refractivity contribution in [3.63, 3.8) is 0 Å². The van der Waals surface area contributed by atoms with E-state index in [1.54, 1.807) is 0 Å². The normalized spacial score (nSPS) is 21.1. The summed E-state index contributed by atoms with van der Waals surface area (Å²) in [6, 6.07) is 19.2. The van der Waals surface area contributed by atoms with E-state index in [1.807, 2.05) is 18.2 Å². The van der Waals surface area contributed by atoms with Crippen LogP contribution in [0.4, 0.5) is 0 Å². The molecule has 1 fully saturated rings. The molecule has 1 saturated carbocycles. The molecule has 2 aromatic carbocycles. The second-order valence-corrected chi connectivity index (χ2v) is 8.34. The predicted octanol–water partition coefficient (Wildman–Crippen LogP) is 4.70. The monoisotopic (exact) mass is 520 g/mol. The van der Waals surface area contributed by atoms with Crippen LogP contribution in [0.25, 0.3) is 0 Å². The lowest BCUT2D eigenvalue weighted by atomic mass is 9.95. The average Bonchev–Trinajstić information content (AvgIpc) is 3.22. The minimum absolute atomic E-state index is 0. The van der Waals surface area contributed by atoms with E-state index in [1.165, 1.54) is 18.4 Å². The number of guanidine groups is 1. The number of hydrogen-bond acceptors (Lipinski definition) is 3. The van der Waals surface area contributed by atoms with Gasteiger partial charge in [0.1, 0.15) is 5.75 Å². The maximum absolute atomic E-state index is 6.31. The summed E-state index contributed by atoms with van der Waals surface area (Å²) < 4.78 is 5.75. The molecule has 0 spiro atoms. The van der Waals surface area contributed by atoms with Crippen LogP contribution in [0.15, 0.2) is 59.6 Å². The SMILES string of the molecule is CC(NC1(CN=C(N)NC2CCOc3ccccc32)CCCC1)c1ccccc1.I. The third-order valence-electron chi connectivity index (χ3n) is 6.22. The summed E-state index contributed by atoms with van der Waals surface area (Å²) in [5, 5.41) is 7.29. The van der Waals surface area contributed by atoms with E-state index in [-0.39, 0.29) is 35.6 Å². The minimum Gasteiger partial charge on any atom is -0.493 e. The highest BCUT2D eigenvalue weighted by Gasteiger charge is 2.35. The van der Waals surface area contributed by atoms with Gasteiger partial charge in [0.05, 0.1) is 19.2 Å². The van der Waals surface area contributed by atoms with Gasteiger partial charge in [-0.05, 0) is 31.4 Å². The first-order valence-corrected chi connectivity index (χ1v) is 10.8. The highest BCUT2D eigenvalue weighted by molar-refractivity contribution is 14.0. The van der Waals surface area contributed by atoms with Crippen LogP contribution in [-0.2, 0) is 0 Å². The minimum atomic E-state index is 0. The molecule has 0 bridgehead atoms. The largest absolute Gasteiger partial charge is 0.493 e. The Morgan fingerprint density at radius 3 is 2.60 bits per heavy atom. The number of hydrogen-bond donors (Lipinski definition) is 3. The number of fused-ring (bicyclic) bond motifs is 1. The molecule has 0 radical (unpaired) electrons. The second kappa shape index (κ2) is 10.5. The molecule has 1 heterocycles. The van der Waals surface area contributed by atoms with Gasteiger partial charge in [-0.25, -0.2) is 0 Å². The summed E-state index contributed by atoms with van der Waals surface area (Å²) in [5.41, 5.74) is 8.80. The van der Waals surface area contributed by atoms with Crippen LogP contribution in [0.3, 0.4) is 0 Å². The molecule has 2 aliphatic rings. The molecule has 0 saturated heterocycles. The summed E-state index contributed by atoms with van der Waals surface area (Å²) in [4.78, 5) is 4.77. The number of benzene rings is 2. The molecule has 0 amide bonds. The Morgan fingerprint density at radius 2 is 1.83 bits per heavy atom. The van der Waals surface area contributed by atoms with Crippen LogP contribution in [0, 0.1) is 0 Å². The Balaban J connectivity index is 0.00000256. The number of halogens is 1. The van der Waals surface area contributed by atoms with E-state index < -0.39 is 0 Å². The van der Waals surface area contributed by atoms with Crippen LogP contribution in [0.1, 0.15) is 62.2 Å². The quantitative estimate of drug-likeness (QED) is 0.294. The van der Waals surface area contributed by atoms with E-state index in [4.69, 9.17) is 15.5 Å². The Kier molecular flexibility index (Phi) is 7.99. The Morgan fingerprint density at radius 1 is 1.13 bits per heavy atom. The lowest BCUT2D eigenvalue weighted by molar-refractivity contribution is 0.261. The van der Waals surface area contributed by atoms with Crippen molar-refractivity contribution in [2.24, 2.45) is 10.7 Å². The molecule has 2 unspecified atom stereocenters. The third kappa shape index (κ3) is 5.46. The average molecular weight is 520 g/mol. The van der Waals surface area contributed by atoms with Crippen molar-refractivity contribution in [2.75, 3.05) is 13.2 Å². The molecule has 0 aromatic heterocycles. The van der Waals surface area contributed by atoms with E-state index in [2.05, 4.69) is 54.0 Å². The first kappa shape index (κ1) is 22.9. The predicted molar refractivity (Wildman–Crippen MR) is 134 cm³/mol. The zero-order valence-electron chi connectivity index (χ0n) is 17.6. The summed E-state index contributed by atoms with van der Waals surface area (Å²) in [6.07, 6.45) is 5.65. The van der Waals surface area contributed by atoms with E-state index in [9.17, 15) is 0 Å². The highest BCUT2D eigenvalue weighted by atomic mass is 127. The van der Waals surface area contributed by atoms with Crippen molar-refractivity contribution in [1.82, 2.24) is 10.6 Å². The van der Waals surface area contributed by atoms with Crippen molar-refractivity contribution in [3.8, 4) is 5.75 Å². The molecule has 2 aromatic rings. The van der Waals surface area contributed by atoms with Gasteiger partial charge in [0.2, 0.25) is 0 Å². The van der Waals surface area contributed by atoms with Gasteiger partial charge in [0, 0.05) is 23.6 Å². The van der Waals surface area contributed by atoms with Crippen LogP contribution in [0.2, 0.25) is 0 Å². The molecule has 5 nitrogen and oxygen atoms in total. The smallest absolute Gasteiger partial charge is 0.189 e. The Hall–Kier alpha value is -1.80. The molecule has 162 valence electrons. The fourth-order valence-corrected chi connectivity index (χ4v) is 4.64. The van der Waals surface area contributed by atoms with Gasteiger partial charge < -0.3 is 21.1 Å². The standard InChI is InChI=1S/C24H32N4O.HI/c1-18(19-9-3-2-4-10-19)28-24(14-7-8-15-24)17-26-23(25)27-21-13-16-29-22-12-6-5-11-20(21)22;/h2-6,9-12,18,21,28H,7-8,13-17H2,1H3,(H3,25,26,27);1H. The van der Waals surface area contributed by atoms with E-state index in [0.717, 1.165) is 30.6 Å². The molecular weight excluding hydrogens is 487 g/mol. The molecule has 1 aliphatic carbocycles. The van der Waals surface area contributed by atoms with Gasteiger partial charge in [-0.15, -0.1) is 24.0 Å². The van der Waals surface area contributed by atoms with Crippen LogP contribution in [-0.4, -0.2) is 24.7 Å². The fourth-order valence-electron chi connectivity index (χ4n) is 4.64. The lowest BCUT2D eigenvalue weighted by Gasteiger charge is -2.33. The van der Waals surface area contributed by atoms with Crippen LogP contribution < -0.4 is 21.1 Å². The maximum Gasteiger partial charge on any atom is 0.189 e. The van der Waals surface area contributed by atoms with Gasteiger partial charge >= 0.3 is 0 Å². The number of aliphatic imine (C=N–C) groups is 1. The van der Waals surface area contributed by atoms with Crippen molar-refractivity contribution >= 4 is 29.9 Å². The number of ether oxygens (including phenoxy) is 1. The van der Waals surface area contributed by atoms with Gasteiger partial charge in [-0.2, -0.15) is 0 Å². The van der Waals surface area contributed by atoms with Crippen LogP contribution >= 0.6 is 24.0 Å². The molecule has 1 aliphatic heterocycles. The number of rotatable bonds is 6. The first-order valence-electron chi connectivity index (χ1n) is 10.8. The Labute approximate surface area is 196 Å². The van der Waals surface area contributed by atoms with Crippen molar-refractivity contribution in [3.05, 3.63) is 65.7 Å². The topological polar surface area (TPSA) is 71.7 Å². The highest BCUT2D eigenvalue weighted by Crippen LogP contribution is 2.33. The molecule has 4 rings (SSSR count). The van der Waals surface area contributed by atoms with E-state index in [0.29, 0.717) is 25.2 Å². The van der Waals surface area contributed by atoms with Crippen LogP contribution in [0.5, 0.6) is 5.75 Å². The zero-order valence-corrected chi connectivity index (χ0v) is 20.0. The van der Waals surface area contributed by atoms with Crippen molar-refractivity contribution < 1.29 is 4.74 Å². The van der Waals surface area contributed by atoms with Gasteiger partial charge in [-0.3, -0.25) is 4.99 Å². The summed E-state index contributed by atoms with van der Waals surface area (Å²) in [5.74, 6) is 1.46. The zero-order chi connectivity index (χ0) is 20.1. The summed E-state index contributed by atoms with van der Waals surface area (Å²) in [6.45, 7) is 3.63. The van der Waals surface area contributed by atoms with Gasteiger partial charge in [-0.1, -0.05) is 61.4 Å². The second-order valence-electron chi connectivity index (χ2n) is 8.34. The molecule has 6 heteroatoms. The van der Waals surface area contributed by atoms with E-state index >= 15 is 0 Å². The van der Waals surface area contributed by atoms with Gasteiger partial charge in [0.25, 0.3) is 0 Å². The third-order valence-corrected chi connectivity index (χ3v) is 6.22. The van der Waals surface area contributed by atoms with Crippen molar-refractivity contribution in [1.29, 1.82) is 0 Å². The lowest BCUT2D eigenvalue weighted by Crippen LogP contribution is -2.48. The molecule has 30 heavy (non-hydrogen) atoms. The Bertz CT molecular complexity index is 836. The van der Waals surface area contributed by atoms with Gasteiger partial charge in [0.15, 0.2) is 5.96 Å². The number of para-hydroxylation sites is 1. The molecular formula is C24H33IN4O. The first-order chi connectivity index (χ1) is 14.2.